The van der Waals surface area contributed by atoms with Crippen molar-refractivity contribution in [1.29, 1.82) is 0 Å². The Hall–Kier alpha value is -2.94. The van der Waals surface area contributed by atoms with Gasteiger partial charge in [-0.3, -0.25) is 19.6 Å². The van der Waals surface area contributed by atoms with E-state index in [0.29, 0.717) is 0 Å². The molecule has 8 nitrogen and oxygen atoms in total. The van der Waals surface area contributed by atoms with Crippen molar-refractivity contribution in [3.05, 3.63) is 64.2 Å². The number of amides is 1. The highest BCUT2D eigenvalue weighted by molar-refractivity contribution is 7.92. The molecule has 0 unspecified atom stereocenters. The van der Waals surface area contributed by atoms with Gasteiger partial charge in [0.05, 0.1) is 21.1 Å². The van der Waals surface area contributed by atoms with Gasteiger partial charge in [-0.05, 0) is 37.1 Å². The fourth-order valence-corrected chi connectivity index (χ4v) is 4.31. The lowest BCUT2D eigenvalue weighted by Gasteiger charge is -2.23. The van der Waals surface area contributed by atoms with Gasteiger partial charge in [0, 0.05) is 18.2 Å². The summed E-state index contributed by atoms with van der Waals surface area (Å²) in [6.45, 7) is 0. The smallest absolute Gasteiger partial charge is 0.269 e. The summed E-state index contributed by atoms with van der Waals surface area (Å²) in [7, 11) is -4.00. The van der Waals surface area contributed by atoms with Crippen LogP contribution < -0.4 is 10.0 Å². The molecule has 1 saturated carbocycles. The topological polar surface area (TPSA) is 118 Å². The van der Waals surface area contributed by atoms with E-state index in [0.717, 1.165) is 56.4 Å². The Morgan fingerprint density at radius 1 is 1.00 bits per heavy atom. The predicted octanol–water partition coefficient (Wildman–Crippen LogP) is 3.46. The monoisotopic (exact) mass is 403 g/mol. The molecule has 1 aliphatic carbocycles. The number of nitro benzene ring substituents is 1. The third kappa shape index (κ3) is 4.66. The van der Waals surface area contributed by atoms with Gasteiger partial charge in [0.25, 0.3) is 21.6 Å². The van der Waals surface area contributed by atoms with Gasteiger partial charge in [0.1, 0.15) is 0 Å². The number of benzene rings is 2. The number of sulfonamides is 1. The summed E-state index contributed by atoms with van der Waals surface area (Å²) in [5.41, 5.74) is 0.193. The van der Waals surface area contributed by atoms with Crippen LogP contribution >= 0.6 is 0 Å². The van der Waals surface area contributed by atoms with Crippen molar-refractivity contribution in [1.82, 2.24) is 5.32 Å². The zero-order chi connectivity index (χ0) is 20.1. The van der Waals surface area contributed by atoms with Crippen LogP contribution in [0.25, 0.3) is 0 Å². The lowest BCUT2D eigenvalue weighted by molar-refractivity contribution is -0.384. The van der Waals surface area contributed by atoms with Crippen molar-refractivity contribution < 1.29 is 18.1 Å². The number of anilines is 1. The average molecular weight is 403 g/mol. The molecule has 9 heteroatoms. The maximum Gasteiger partial charge on any atom is 0.269 e. The minimum absolute atomic E-state index is 0.0978. The SMILES string of the molecule is O=C(NC1CCCCC1)c1ccccc1NS(=O)(=O)c1ccc([N+](=O)[O-])cc1. The van der Waals surface area contributed by atoms with E-state index in [-0.39, 0.29) is 33.8 Å². The van der Waals surface area contributed by atoms with Crippen molar-refractivity contribution >= 4 is 27.3 Å². The quantitative estimate of drug-likeness (QED) is 0.566. The van der Waals surface area contributed by atoms with Crippen molar-refractivity contribution in [3.8, 4) is 0 Å². The first-order chi connectivity index (χ1) is 13.4. The van der Waals surface area contributed by atoms with E-state index < -0.39 is 14.9 Å². The summed E-state index contributed by atoms with van der Waals surface area (Å²) in [5, 5.41) is 13.7. The van der Waals surface area contributed by atoms with E-state index in [9.17, 15) is 23.3 Å². The summed E-state index contributed by atoms with van der Waals surface area (Å²) in [6.07, 6.45) is 5.14. The van der Waals surface area contributed by atoms with Crippen LogP contribution in [0, 0.1) is 10.1 Å². The molecular weight excluding hydrogens is 382 g/mol. The maximum absolute atomic E-state index is 12.7. The van der Waals surface area contributed by atoms with Crippen molar-refractivity contribution in [2.75, 3.05) is 4.72 Å². The van der Waals surface area contributed by atoms with Gasteiger partial charge in [-0.25, -0.2) is 8.42 Å². The van der Waals surface area contributed by atoms with Gasteiger partial charge in [0.2, 0.25) is 0 Å². The molecule has 0 radical (unpaired) electrons. The number of nitrogens with one attached hydrogen (secondary N) is 2. The van der Waals surface area contributed by atoms with Gasteiger partial charge in [0.15, 0.2) is 0 Å². The van der Waals surface area contributed by atoms with E-state index in [1.54, 1.807) is 18.2 Å². The molecule has 3 rings (SSSR count). The molecule has 2 aromatic carbocycles. The second-order valence-corrected chi connectivity index (χ2v) is 8.39. The van der Waals surface area contributed by atoms with E-state index in [2.05, 4.69) is 10.0 Å². The molecule has 2 aromatic rings. The van der Waals surface area contributed by atoms with Gasteiger partial charge >= 0.3 is 0 Å². The number of non-ortho nitro benzene ring substituents is 1. The summed E-state index contributed by atoms with van der Waals surface area (Å²) >= 11 is 0. The molecule has 1 amide bonds. The van der Waals surface area contributed by atoms with Crippen LogP contribution in [0.2, 0.25) is 0 Å². The lowest BCUT2D eigenvalue weighted by atomic mass is 9.95. The zero-order valence-electron chi connectivity index (χ0n) is 15.1. The number of para-hydroxylation sites is 1. The number of nitro groups is 1. The Balaban J connectivity index is 1.79. The Kier molecular flexibility index (Phi) is 5.93. The Labute approximate surface area is 163 Å². The van der Waals surface area contributed by atoms with E-state index in [1.165, 1.54) is 6.07 Å². The van der Waals surface area contributed by atoms with Crippen LogP contribution in [-0.2, 0) is 10.0 Å². The van der Waals surface area contributed by atoms with E-state index >= 15 is 0 Å². The predicted molar refractivity (Wildman–Crippen MR) is 105 cm³/mol. The first-order valence-corrected chi connectivity index (χ1v) is 10.5. The van der Waals surface area contributed by atoms with Crippen molar-refractivity contribution in [3.63, 3.8) is 0 Å². The number of rotatable bonds is 6. The molecule has 0 atom stereocenters. The highest BCUT2D eigenvalue weighted by atomic mass is 32.2. The van der Waals surface area contributed by atoms with Crippen LogP contribution in [0.1, 0.15) is 42.5 Å². The number of carbonyl (C=O) groups is 1. The van der Waals surface area contributed by atoms with E-state index in [1.807, 2.05) is 0 Å². The van der Waals surface area contributed by atoms with Crippen LogP contribution in [0.4, 0.5) is 11.4 Å². The van der Waals surface area contributed by atoms with Gasteiger partial charge < -0.3 is 5.32 Å². The Morgan fingerprint density at radius 2 is 1.64 bits per heavy atom. The molecule has 1 aliphatic rings. The fourth-order valence-electron chi connectivity index (χ4n) is 3.23. The van der Waals surface area contributed by atoms with Crippen molar-refractivity contribution in [2.45, 2.75) is 43.0 Å². The van der Waals surface area contributed by atoms with Gasteiger partial charge in [-0.2, -0.15) is 0 Å². The number of carbonyl (C=O) groups excluding carboxylic acids is 1. The first kappa shape index (κ1) is 19.8. The zero-order valence-corrected chi connectivity index (χ0v) is 15.9. The first-order valence-electron chi connectivity index (χ1n) is 9.04. The number of nitrogens with zero attached hydrogens (tertiary/aromatic N) is 1. The molecule has 1 fully saturated rings. The molecule has 0 saturated heterocycles. The molecule has 28 heavy (non-hydrogen) atoms. The Morgan fingerprint density at radius 3 is 2.29 bits per heavy atom. The minimum Gasteiger partial charge on any atom is -0.349 e. The van der Waals surface area contributed by atoms with Gasteiger partial charge in [-0.1, -0.05) is 31.4 Å². The van der Waals surface area contributed by atoms with Crippen molar-refractivity contribution in [2.24, 2.45) is 0 Å². The summed E-state index contributed by atoms with van der Waals surface area (Å²) in [5.74, 6) is -0.325. The van der Waals surface area contributed by atoms with E-state index in [4.69, 9.17) is 0 Å². The molecule has 0 heterocycles. The van der Waals surface area contributed by atoms with Gasteiger partial charge in [-0.15, -0.1) is 0 Å². The molecule has 0 aromatic heterocycles. The maximum atomic E-state index is 12.7. The second-order valence-electron chi connectivity index (χ2n) is 6.71. The van der Waals surface area contributed by atoms with Crippen LogP contribution in [0.5, 0.6) is 0 Å². The third-order valence-electron chi connectivity index (χ3n) is 4.71. The summed E-state index contributed by atoms with van der Waals surface area (Å²) in [4.78, 5) is 22.7. The highest BCUT2D eigenvalue weighted by Gasteiger charge is 2.22. The van der Waals surface area contributed by atoms with Crippen LogP contribution in [-0.4, -0.2) is 25.3 Å². The second kappa shape index (κ2) is 8.39. The third-order valence-corrected chi connectivity index (χ3v) is 6.10. The number of hydrogen-bond donors (Lipinski definition) is 2. The summed E-state index contributed by atoms with van der Waals surface area (Å²) < 4.78 is 27.7. The molecule has 148 valence electrons. The standard InChI is InChI=1S/C19H21N3O5S/c23-19(20-14-6-2-1-3-7-14)17-8-4-5-9-18(17)21-28(26,27)16-12-10-15(11-13-16)22(24)25/h4-5,8-14,21H,1-3,6-7H2,(H,20,23). The normalized spacial score (nSPS) is 15.0. The summed E-state index contributed by atoms with van der Waals surface area (Å²) in [6, 6.07) is 11.0. The highest BCUT2D eigenvalue weighted by Crippen LogP contribution is 2.23. The van der Waals surface area contributed by atoms with Crippen LogP contribution in [0.3, 0.4) is 0 Å². The molecule has 0 aliphatic heterocycles. The average Bonchev–Trinajstić information content (AvgIpc) is 2.69. The number of hydrogen-bond acceptors (Lipinski definition) is 5. The fraction of sp³-hybridized carbons (Fsp3) is 0.316. The molecular formula is C19H21N3O5S. The molecule has 0 bridgehead atoms. The minimum atomic E-state index is -4.00. The van der Waals surface area contributed by atoms with Crippen LogP contribution in [0.15, 0.2) is 53.4 Å². The molecule has 2 N–H and O–H groups in total. The largest absolute Gasteiger partial charge is 0.349 e. The molecule has 0 spiro atoms. The Bertz CT molecular complexity index is 967. The lowest BCUT2D eigenvalue weighted by Crippen LogP contribution is -2.36.